The van der Waals surface area contributed by atoms with Crippen LogP contribution >= 0.6 is 0 Å². The zero-order valence-electron chi connectivity index (χ0n) is 11.1. The van der Waals surface area contributed by atoms with E-state index in [4.69, 9.17) is 9.52 Å². The van der Waals surface area contributed by atoms with Crippen molar-refractivity contribution in [3.05, 3.63) is 52.7 Å². The van der Waals surface area contributed by atoms with Crippen LogP contribution in [0.3, 0.4) is 0 Å². The standard InChI is InChI=1S/C14H14N2O4/c1-8-9(2)20-12(16-8)7-15-13(17)10-3-5-11(6-4-10)14(18)19/h3-6H,7H2,1-2H3,(H,15,17)(H,18,19). The van der Waals surface area contributed by atoms with Gasteiger partial charge in [0.05, 0.1) is 17.8 Å². The van der Waals surface area contributed by atoms with E-state index in [0.29, 0.717) is 11.5 Å². The molecule has 2 rings (SSSR count). The molecule has 1 aromatic carbocycles. The summed E-state index contributed by atoms with van der Waals surface area (Å²) >= 11 is 0. The number of nitrogens with one attached hydrogen (secondary N) is 1. The van der Waals surface area contributed by atoms with Crippen molar-refractivity contribution < 1.29 is 19.1 Å². The summed E-state index contributed by atoms with van der Waals surface area (Å²) in [6.45, 7) is 3.82. The van der Waals surface area contributed by atoms with Gasteiger partial charge in [0.25, 0.3) is 5.91 Å². The lowest BCUT2D eigenvalue weighted by Gasteiger charge is -2.03. The number of carboxylic acids is 1. The number of rotatable bonds is 4. The van der Waals surface area contributed by atoms with Crippen molar-refractivity contribution in [2.24, 2.45) is 0 Å². The molecule has 0 unspecified atom stereocenters. The number of benzene rings is 1. The molecule has 0 aliphatic rings. The van der Waals surface area contributed by atoms with Crippen LogP contribution in [0.4, 0.5) is 0 Å². The maximum Gasteiger partial charge on any atom is 0.335 e. The molecule has 1 amide bonds. The molecule has 1 heterocycles. The van der Waals surface area contributed by atoms with Gasteiger partial charge in [0, 0.05) is 5.56 Å². The smallest absolute Gasteiger partial charge is 0.335 e. The van der Waals surface area contributed by atoms with Gasteiger partial charge in [0.1, 0.15) is 5.76 Å². The van der Waals surface area contributed by atoms with Gasteiger partial charge >= 0.3 is 5.97 Å². The predicted molar refractivity (Wildman–Crippen MR) is 70.5 cm³/mol. The second-order valence-corrected chi connectivity index (χ2v) is 4.31. The van der Waals surface area contributed by atoms with Gasteiger partial charge in [-0.15, -0.1) is 0 Å². The normalized spacial score (nSPS) is 10.3. The van der Waals surface area contributed by atoms with E-state index >= 15 is 0 Å². The van der Waals surface area contributed by atoms with Crippen molar-refractivity contribution in [3.8, 4) is 0 Å². The van der Waals surface area contributed by atoms with Crippen LogP contribution in [0.25, 0.3) is 0 Å². The van der Waals surface area contributed by atoms with Gasteiger partial charge in [-0.25, -0.2) is 9.78 Å². The highest BCUT2D eigenvalue weighted by Crippen LogP contribution is 2.09. The van der Waals surface area contributed by atoms with E-state index in [1.807, 2.05) is 6.92 Å². The fraction of sp³-hybridized carbons (Fsp3) is 0.214. The lowest BCUT2D eigenvalue weighted by molar-refractivity contribution is 0.0696. The third-order valence-corrected chi connectivity index (χ3v) is 2.87. The summed E-state index contributed by atoms with van der Waals surface area (Å²) in [7, 11) is 0. The Bertz CT molecular complexity index is 624. The van der Waals surface area contributed by atoms with Crippen LogP contribution in [0, 0.1) is 13.8 Å². The first-order valence-electron chi connectivity index (χ1n) is 6.02. The first-order chi connectivity index (χ1) is 9.47. The average molecular weight is 274 g/mol. The van der Waals surface area contributed by atoms with Crippen molar-refractivity contribution in [3.63, 3.8) is 0 Å². The molecule has 0 radical (unpaired) electrons. The third-order valence-electron chi connectivity index (χ3n) is 2.87. The molecule has 0 atom stereocenters. The van der Waals surface area contributed by atoms with E-state index in [-0.39, 0.29) is 18.0 Å². The zero-order valence-corrected chi connectivity index (χ0v) is 11.1. The SMILES string of the molecule is Cc1nc(CNC(=O)c2ccc(C(=O)O)cc2)oc1C. The summed E-state index contributed by atoms with van der Waals surface area (Å²) in [6.07, 6.45) is 0. The molecule has 2 aromatic rings. The Hall–Kier alpha value is -2.63. The monoisotopic (exact) mass is 274 g/mol. The molecule has 0 aliphatic heterocycles. The van der Waals surface area contributed by atoms with Gasteiger partial charge in [-0.1, -0.05) is 0 Å². The summed E-state index contributed by atoms with van der Waals surface area (Å²) in [5.74, 6) is -0.172. The van der Waals surface area contributed by atoms with Gasteiger partial charge in [-0.05, 0) is 38.1 Å². The van der Waals surface area contributed by atoms with E-state index in [1.54, 1.807) is 6.92 Å². The molecule has 0 saturated heterocycles. The van der Waals surface area contributed by atoms with Crippen molar-refractivity contribution in [1.29, 1.82) is 0 Å². The minimum Gasteiger partial charge on any atom is -0.478 e. The maximum atomic E-state index is 11.9. The molecule has 2 N–H and O–H groups in total. The van der Waals surface area contributed by atoms with Crippen molar-refractivity contribution in [2.45, 2.75) is 20.4 Å². The van der Waals surface area contributed by atoms with Crippen molar-refractivity contribution in [1.82, 2.24) is 10.3 Å². The lowest BCUT2D eigenvalue weighted by Crippen LogP contribution is -2.23. The number of nitrogens with zero attached hydrogens (tertiary/aromatic N) is 1. The quantitative estimate of drug-likeness (QED) is 0.888. The maximum absolute atomic E-state index is 11.9. The highest BCUT2D eigenvalue weighted by Gasteiger charge is 2.10. The molecule has 0 aliphatic carbocycles. The Kier molecular flexibility index (Phi) is 3.84. The molecule has 0 fully saturated rings. The number of hydrogen-bond donors (Lipinski definition) is 2. The summed E-state index contributed by atoms with van der Waals surface area (Å²) in [5.41, 5.74) is 1.32. The molecule has 0 spiro atoms. The van der Waals surface area contributed by atoms with E-state index < -0.39 is 5.97 Å². The van der Waals surface area contributed by atoms with Crippen LogP contribution < -0.4 is 5.32 Å². The first kappa shape index (κ1) is 13.8. The van der Waals surface area contributed by atoms with Crippen LogP contribution in [-0.4, -0.2) is 22.0 Å². The third kappa shape index (κ3) is 3.03. The second-order valence-electron chi connectivity index (χ2n) is 4.31. The number of amides is 1. The number of aryl methyl sites for hydroxylation is 2. The molecular formula is C14H14N2O4. The molecule has 6 nitrogen and oxygen atoms in total. The van der Waals surface area contributed by atoms with Crippen LogP contribution in [0.1, 0.15) is 38.1 Å². The molecule has 20 heavy (non-hydrogen) atoms. The van der Waals surface area contributed by atoms with E-state index in [2.05, 4.69) is 10.3 Å². The predicted octanol–water partition coefficient (Wildman–Crippen LogP) is 1.92. The number of aromatic carboxylic acids is 1. The molecule has 104 valence electrons. The van der Waals surface area contributed by atoms with E-state index in [9.17, 15) is 9.59 Å². The van der Waals surface area contributed by atoms with Gasteiger partial charge in [-0.2, -0.15) is 0 Å². The number of carbonyl (C=O) groups excluding carboxylic acids is 1. The van der Waals surface area contributed by atoms with Crippen LogP contribution in [0.15, 0.2) is 28.7 Å². The molecular weight excluding hydrogens is 260 g/mol. The molecule has 1 aromatic heterocycles. The number of carboxylic acid groups (broad SMARTS) is 1. The number of oxazole rings is 1. The fourth-order valence-electron chi connectivity index (χ4n) is 1.64. The second kappa shape index (κ2) is 5.56. The molecule has 6 heteroatoms. The lowest BCUT2D eigenvalue weighted by atomic mass is 10.1. The van der Waals surface area contributed by atoms with Crippen LogP contribution in [-0.2, 0) is 6.54 Å². The Morgan fingerprint density at radius 1 is 1.20 bits per heavy atom. The van der Waals surface area contributed by atoms with E-state index in [1.165, 1.54) is 24.3 Å². The van der Waals surface area contributed by atoms with Crippen molar-refractivity contribution >= 4 is 11.9 Å². The minimum atomic E-state index is -1.03. The fourth-order valence-corrected chi connectivity index (χ4v) is 1.64. The summed E-state index contributed by atoms with van der Waals surface area (Å²) in [6, 6.07) is 5.70. The Morgan fingerprint density at radius 2 is 1.80 bits per heavy atom. The Balaban J connectivity index is 1.99. The van der Waals surface area contributed by atoms with Crippen LogP contribution in [0.5, 0.6) is 0 Å². The highest BCUT2D eigenvalue weighted by molar-refractivity contribution is 5.95. The van der Waals surface area contributed by atoms with E-state index in [0.717, 1.165) is 11.5 Å². The summed E-state index contributed by atoms with van der Waals surface area (Å²) in [5, 5.41) is 11.4. The Labute approximate surface area is 115 Å². The first-order valence-corrected chi connectivity index (χ1v) is 6.02. The molecule has 0 saturated carbocycles. The number of carbonyl (C=O) groups is 2. The minimum absolute atomic E-state index is 0.139. The van der Waals surface area contributed by atoms with Gasteiger partial charge in [0.2, 0.25) is 5.89 Å². The average Bonchev–Trinajstić information content (AvgIpc) is 2.75. The van der Waals surface area contributed by atoms with Crippen LogP contribution in [0.2, 0.25) is 0 Å². The summed E-state index contributed by atoms with van der Waals surface area (Å²) < 4.78 is 5.35. The summed E-state index contributed by atoms with van der Waals surface area (Å²) in [4.78, 5) is 26.7. The number of aromatic nitrogens is 1. The number of hydrogen-bond acceptors (Lipinski definition) is 4. The van der Waals surface area contributed by atoms with Crippen molar-refractivity contribution in [2.75, 3.05) is 0 Å². The topological polar surface area (TPSA) is 92.4 Å². The van der Waals surface area contributed by atoms with Gasteiger partial charge < -0.3 is 14.8 Å². The molecule has 0 bridgehead atoms. The zero-order chi connectivity index (χ0) is 14.7. The Morgan fingerprint density at radius 3 is 2.30 bits per heavy atom. The highest BCUT2D eigenvalue weighted by atomic mass is 16.4. The van der Waals surface area contributed by atoms with Gasteiger partial charge in [-0.3, -0.25) is 4.79 Å². The van der Waals surface area contributed by atoms with Gasteiger partial charge in [0.15, 0.2) is 0 Å². The largest absolute Gasteiger partial charge is 0.478 e.